The molecule has 0 amide bonds. The molecule has 0 saturated heterocycles. The number of hydrogen-bond donors (Lipinski definition) is 1. The topological polar surface area (TPSA) is 68.2 Å². The van der Waals surface area contributed by atoms with Gasteiger partial charge >= 0.3 is 0 Å². The summed E-state index contributed by atoms with van der Waals surface area (Å²) in [6.07, 6.45) is 4.04. The minimum atomic E-state index is 0.504. The first-order valence-electron chi connectivity index (χ1n) is 6.68. The van der Waals surface area contributed by atoms with Crippen LogP contribution in [0.15, 0.2) is 28.9 Å². The van der Waals surface area contributed by atoms with E-state index in [0.29, 0.717) is 18.3 Å². The first kappa shape index (κ1) is 12.0. The van der Waals surface area contributed by atoms with Crippen molar-refractivity contribution in [1.29, 1.82) is 0 Å². The molecule has 2 aromatic heterocycles. The molecule has 0 unspecified atom stereocenters. The smallest absolute Gasteiger partial charge is 0.136 e. The SMILES string of the molecule is CCN(Cc1ccco1)c1cc(N)nc(C2CC2)n1. The van der Waals surface area contributed by atoms with Crippen LogP contribution in [0.1, 0.15) is 37.3 Å². The van der Waals surface area contributed by atoms with Crippen LogP contribution in [0, 0.1) is 0 Å². The van der Waals surface area contributed by atoms with E-state index in [2.05, 4.69) is 21.8 Å². The molecule has 1 aliphatic carbocycles. The van der Waals surface area contributed by atoms with Crippen LogP contribution in [0.3, 0.4) is 0 Å². The molecule has 2 heterocycles. The maximum Gasteiger partial charge on any atom is 0.136 e. The fraction of sp³-hybridized carbons (Fsp3) is 0.429. The quantitative estimate of drug-likeness (QED) is 0.892. The van der Waals surface area contributed by atoms with Crippen LogP contribution >= 0.6 is 0 Å². The summed E-state index contributed by atoms with van der Waals surface area (Å²) in [5.74, 6) is 3.74. The zero-order chi connectivity index (χ0) is 13.2. The van der Waals surface area contributed by atoms with E-state index in [4.69, 9.17) is 10.2 Å². The summed E-state index contributed by atoms with van der Waals surface area (Å²) in [4.78, 5) is 11.1. The number of hydrogen-bond acceptors (Lipinski definition) is 5. The third-order valence-corrected chi connectivity index (χ3v) is 3.32. The van der Waals surface area contributed by atoms with Crippen molar-refractivity contribution in [1.82, 2.24) is 9.97 Å². The van der Waals surface area contributed by atoms with Crippen LogP contribution in [0.2, 0.25) is 0 Å². The van der Waals surface area contributed by atoms with Gasteiger partial charge in [0.2, 0.25) is 0 Å². The average molecular weight is 258 g/mol. The van der Waals surface area contributed by atoms with E-state index in [1.807, 2.05) is 18.2 Å². The molecule has 0 bridgehead atoms. The standard InChI is InChI=1S/C14H18N4O/c1-2-18(9-11-4-3-7-19-11)13-8-12(15)16-14(17-13)10-5-6-10/h3-4,7-8,10H,2,5-6,9H2,1H3,(H2,15,16,17). The van der Waals surface area contributed by atoms with Gasteiger partial charge in [-0.3, -0.25) is 0 Å². The third kappa shape index (κ3) is 2.70. The Balaban J connectivity index is 1.85. The molecule has 0 radical (unpaired) electrons. The maximum absolute atomic E-state index is 5.89. The van der Waals surface area contributed by atoms with Gasteiger partial charge in [-0.15, -0.1) is 0 Å². The molecule has 5 nitrogen and oxygen atoms in total. The second-order valence-electron chi connectivity index (χ2n) is 4.88. The summed E-state index contributed by atoms with van der Waals surface area (Å²) in [5, 5.41) is 0. The van der Waals surface area contributed by atoms with Crippen molar-refractivity contribution in [3.63, 3.8) is 0 Å². The Hall–Kier alpha value is -2.04. The third-order valence-electron chi connectivity index (χ3n) is 3.32. The Kier molecular flexibility index (Phi) is 3.11. The number of nitrogen functional groups attached to an aromatic ring is 1. The van der Waals surface area contributed by atoms with E-state index in [9.17, 15) is 0 Å². The summed E-state index contributed by atoms with van der Waals surface area (Å²) in [6, 6.07) is 5.69. The van der Waals surface area contributed by atoms with E-state index in [-0.39, 0.29) is 0 Å². The lowest BCUT2D eigenvalue weighted by Crippen LogP contribution is -2.23. The summed E-state index contributed by atoms with van der Waals surface area (Å²) >= 11 is 0. The van der Waals surface area contributed by atoms with Gasteiger partial charge in [0.15, 0.2) is 0 Å². The summed E-state index contributed by atoms with van der Waals surface area (Å²) in [6.45, 7) is 3.64. The molecule has 2 aromatic rings. The van der Waals surface area contributed by atoms with E-state index in [1.54, 1.807) is 6.26 Å². The molecule has 0 aliphatic heterocycles. The Labute approximate surface area is 112 Å². The first-order chi connectivity index (χ1) is 9.26. The number of aromatic nitrogens is 2. The highest BCUT2D eigenvalue weighted by atomic mass is 16.3. The lowest BCUT2D eigenvalue weighted by atomic mass is 10.3. The fourth-order valence-electron chi connectivity index (χ4n) is 2.10. The number of furan rings is 1. The highest BCUT2D eigenvalue weighted by Crippen LogP contribution is 2.38. The van der Waals surface area contributed by atoms with Gasteiger partial charge in [-0.2, -0.15) is 0 Å². The second kappa shape index (κ2) is 4.91. The van der Waals surface area contributed by atoms with Gasteiger partial charge in [0, 0.05) is 18.5 Å². The van der Waals surface area contributed by atoms with Crippen LogP contribution in [0.5, 0.6) is 0 Å². The van der Waals surface area contributed by atoms with E-state index < -0.39 is 0 Å². The number of rotatable bonds is 5. The molecular weight excluding hydrogens is 240 g/mol. The van der Waals surface area contributed by atoms with Crippen molar-refractivity contribution in [2.75, 3.05) is 17.2 Å². The average Bonchev–Trinajstić information content (AvgIpc) is 3.13. The number of anilines is 2. The van der Waals surface area contributed by atoms with E-state index in [1.165, 1.54) is 12.8 Å². The molecule has 0 atom stereocenters. The second-order valence-corrected chi connectivity index (χ2v) is 4.88. The summed E-state index contributed by atoms with van der Waals surface area (Å²) < 4.78 is 5.39. The maximum atomic E-state index is 5.89. The minimum Gasteiger partial charge on any atom is -0.467 e. The zero-order valence-corrected chi connectivity index (χ0v) is 11.0. The predicted molar refractivity (Wildman–Crippen MR) is 73.9 cm³/mol. The van der Waals surface area contributed by atoms with Crippen LogP contribution in [0.4, 0.5) is 11.6 Å². The number of nitrogens with two attached hydrogens (primary N) is 1. The van der Waals surface area contributed by atoms with Gasteiger partial charge in [0.25, 0.3) is 0 Å². The summed E-state index contributed by atoms with van der Waals surface area (Å²) in [5.41, 5.74) is 5.89. The van der Waals surface area contributed by atoms with Gasteiger partial charge in [0.1, 0.15) is 23.2 Å². The van der Waals surface area contributed by atoms with Gasteiger partial charge < -0.3 is 15.1 Å². The highest BCUT2D eigenvalue weighted by Gasteiger charge is 2.27. The van der Waals surface area contributed by atoms with Crippen molar-refractivity contribution in [3.8, 4) is 0 Å². The normalized spacial score (nSPS) is 14.6. The van der Waals surface area contributed by atoms with Crippen molar-refractivity contribution in [2.45, 2.75) is 32.2 Å². The molecule has 1 fully saturated rings. The van der Waals surface area contributed by atoms with Gasteiger partial charge in [-0.1, -0.05) is 0 Å². The molecular formula is C14H18N4O. The van der Waals surface area contributed by atoms with Gasteiger partial charge in [-0.25, -0.2) is 9.97 Å². The van der Waals surface area contributed by atoms with Crippen LogP contribution in [-0.2, 0) is 6.54 Å². The Morgan fingerprint density at radius 1 is 1.42 bits per heavy atom. The van der Waals surface area contributed by atoms with Crippen molar-refractivity contribution < 1.29 is 4.42 Å². The van der Waals surface area contributed by atoms with Gasteiger partial charge in [0.05, 0.1) is 12.8 Å². The lowest BCUT2D eigenvalue weighted by molar-refractivity contribution is 0.502. The Morgan fingerprint density at radius 3 is 2.89 bits per heavy atom. The first-order valence-corrected chi connectivity index (χ1v) is 6.68. The summed E-state index contributed by atoms with van der Waals surface area (Å²) in [7, 11) is 0. The van der Waals surface area contributed by atoms with Crippen LogP contribution in [0.25, 0.3) is 0 Å². The molecule has 0 aromatic carbocycles. The minimum absolute atomic E-state index is 0.504. The van der Waals surface area contributed by atoms with Crippen LogP contribution in [-0.4, -0.2) is 16.5 Å². The van der Waals surface area contributed by atoms with Crippen LogP contribution < -0.4 is 10.6 Å². The molecule has 1 aliphatic rings. The number of nitrogens with zero attached hydrogens (tertiary/aromatic N) is 3. The molecule has 100 valence electrons. The largest absolute Gasteiger partial charge is 0.467 e. The molecule has 3 rings (SSSR count). The van der Waals surface area contributed by atoms with Crippen molar-refractivity contribution in [3.05, 3.63) is 36.0 Å². The van der Waals surface area contributed by atoms with Crippen molar-refractivity contribution in [2.24, 2.45) is 0 Å². The van der Waals surface area contributed by atoms with Crippen molar-refractivity contribution >= 4 is 11.6 Å². The fourth-order valence-corrected chi connectivity index (χ4v) is 2.10. The molecule has 5 heteroatoms. The zero-order valence-electron chi connectivity index (χ0n) is 11.0. The molecule has 19 heavy (non-hydrogen) atoms. The monoisotopic (exact) mass is 258 g/mol. The highest BCUT2D eigenvalue weighted by molar-refractivity contribution is 5.47. The molecule has 2 N–H and O–H groups in total. The Bertz CT molecular complexity index is 549. The predicted octanol–water partition coefficient (Wildman–Crippen LogP) is 2.56. The Morgan fingerprint density at radius 2 is 2.26 bits per heavy atom. The van der Waals surface area contributed by atoms with Gasteiger partial charge in [-0.05, 0) is 31.9 Å². The van der Waals surface area contributed by atoms with E-state index >= 15 is 0 Å². The lowest BCUT2D eigenvalue weighted by Gasteiger charge is -2.21. The van der Waals surface area contributed by atoms with E-state index in [0.717, 1.165) is 23.9 Å². The molecule has 1 saturated carbocycles. The molecule has 0 spiro atoms.